The molecule has 3 aromatic carbocycles. The van der Waals surface area contributed by atoms with E-state index in [9.17, 15) is 10.1 Å². The van der Waals surface area contributed by atoms with Gasteiger partial charge in [0.1, 0.15) is 0 Å². The van der Waals surface area contributed by atoms with Crippen molar-refractivity contribution in [2.24, 2.45) is 0 Å². The second kappa shape index (κ2) is 8.41. The topological polar surface area (TPSA) is 73.8 Å². The first kappa shape index (κ1) is 20.3. The van der Waals surface area contributed by atoms with E-state index < -0.39 is 0 Å². The maximum absolute atomic E-state index is 11.6. The molecule has 8 heteroatoms. The summed E-state index contributed by atoms with van der Waals surface area (Å²) in [4.78, 5) is 11.7. The Balaban J connectivity index is 1.88. The van der Waals surface area contributed by atoms with Crippen LogP contribution in [0.4, 0.5) is 5.69 Å². The van der Waals surface area contributed by atoms with Gasteiger partial charge < -0.3 is 0 Å². The van der Waals surface area contributed by atoms with E-state index in [2.05, 4.69) is 52.1 Å². The minimum Gasteiger partial charge on any atom is -0.270 e. The number of hydrogen-bond donors (Lipinski definition) is 0. The van der Waals surface area contributed by atoms with E-state index in [4.69, 9.17) is 0 Å². The number of benzene rings is 3. The lowest BCUT2D eigenvalue weighted by Gasteiger charge is -2.12. The van der Waals surface area contributed by atoms with Gasteiger partial charge in [-0.3, -0.25) is 14.7 Å². The van der Waals surface area contributed by atoms with E-state index in [0.29, 0.717) is 20.3 Å². The van der Waals surface area contributed by atoms with E-state index in [-0.39, 0.29) is 10.6 Å². The second-order valence-electron chi connectivity index (χ2n) is 6.75. The molecular formula is C22H17BrN4O2S. The molecule has 0 saturated carbocycles. The molecule has 0 atom stereocenters. The van der Waals surface area contributed by atoms with Crippen molar-refractivity contribution in [1.29, 1.82) is 0 Å². The van der Waals surface area contributed by atoms with Gasteiger partial charge in [0.25, 0.3) is 5.69 Å². The molecule has 0 N–H and O–H groups in total. The van der Waals surface area contributed by atoms with Gasteiger partial charge in [-0.15, -0.1) is 10.2 Å². The van der Waals surface area contributed by atoms with Crippen LogP contribution in [0.3, 0.4) is 0 Å². The maximum atomic E-state index is 11.6. The van der Waals surface area contributed by atoms with Crippen LogP contribution in [0.25, 0.3) is 17.1 Å². The Bertz CT molecular complexity index is 1240. The molecule has 0 aliphatic carbocycles. The number of hydrogen-bond acceptors (Lipinski definition) is 5. The van der Waals surface area contributed by atoms with Gasteiger partial charge in [-0.25, -0.2) is 0 Å². The lowest BCUT2D eigenvalue weighted by molar-refractivity contribution is -0.387. The highest BCUT2D eigenvalue weighted by Gasteiger charge is 2.21. The summed E-state index contributed by atoms with van der Waals surface area (Å²) in [6.45, 7) is 4.11. The first-order chi connectivity index (χ1) is 14.4. The van der Waals surface area contributed by atoms with Crippen molar-refractivity contribution in [3.05, 3.63) is 92.4 Å². The minimum atomic E-state index is -0.387. The molecule has 1 heterocycles. The zero-order valence-corrected chi connectivity index (χ0v) is 18.6. The van der Waals surface area contributed by atoms with E-state index in [1.165, 1.54) is 23.4 Å². The third-order valence-electron chi connectivity index (χ3n) is 4.73. The Hall–Kier alpha value is -2.97. The summed E-state index contributed by atoms with van der Waals surface area (Å²) in [7, 11) is 0. The van der Waals surface area contributed by atoms with E-state index >= 15 is 0 Å². The summed E-state index contributed by atoms with van der Waals surface area (Å²) in [5.74, 6) is 0.682. The molecular weight excluding hydrogens is 464 g/mol. The molecule has 0 spiro atoms. The van der Waals surface area contributed by atoms with Crippen LogP contribution in [0, 0.1) is 24.0 Å². The molecule has 0 aliphatic heterocycles. The summed E-state index contributed by atoms with van der Waals surface area (Å²) in [6, 6.07) is 20.9. The Morgan fingerprint density at radius 3 is 2.43 bits per heavy atom. The summed E-state index contributed by atoms with van der Waals surface area (Å²) >= 11 is 4.53. The van der Waals surface area contributed by atoms with Crippen LogP contribution in [-0.2, 0) is 0 Å². The molecule has 0 amide bonds. The lowest BCUT2D eigenvalue weighted by Crippen LogP contribution is -2.01. The summed E-state index contributed by atoms with van der Waals surface area (Å²) in [6.07, 6.45) is 0. The SMILES string of the molecule is Cc1ccc(-n2c(Sc3ccc(Br)cc3[N+](=O)[O-])nnc2-c2ccccc2)cc1C. The monoisotopic (exact) mass is 480 g/mol. The number of nitro groups is 1. The molecule has 150 valence electrons. The largest absolute Gasteiger partial charge is 0.284 e. The molecule has 30 heavy (non-hydrogen) atoms. The number of rotatable bonds is 5. The van der Waals surface area contributed by atoms with Gasteiger partial charge in [0, 0.05) is 16.1 Å². The van der Waals surface area contributed by atoms with E-state index in [1.54, 1.807) is 12.1 Å². The maximum Gasteiger partial charge on any atom is 0.284 e. The van der Waals surface area contributed by atoms with Crippen LogP contribution in [0.15, 0.2) is 81.3 Å². The summed E-state index contributed by atoms with van der Waals surface area (Å²) in [5, 5.41) is 20.9. The number of nitro benzene ring substituents is 1. The van der Waals surface area contributed by atoms with Gasteiger partial charge >= 0.3 is 0 Å². The molecule has 0 unspecified atom stereocenters. The number of aryl methyl sites for hydroxylation is 2. The van der Waals surface area contributed by atoms with Crippen molar-refractivity contribution in [3.63, 3.8) is 0 Å². The standard InChI is InChI=1S/C22H17BrN4O2S/c1-14-8-10-18(12-15(14)2)26-21(16-6-4-3-5-7-16)24-25-22(26)30-20-11-9-17(23)13-19(20)27(28)29/h3-13H,1-2H3. The van der Waals surface area contributed by atoms with Crippen LogP contribution in [-0.4, -0.2) is 19.7 Å². The highest BCUT2D eigenvalue weighted by molar-refractivity contribution is 9.10. The third kappa shape index (κ3) is 4.01. The summed E-state index contributed by atoms with van der Waals surface area (Å²) < 4.78 is 2.59. The Morgan fingerprint density at radius 1 is 0.967 bits per heavy atom. The smallest absolute Gasteiger partial charge is 0.270 e. The molecule has 0 bridgehead atoms. The van der Waals surface area contributed by atoms with Crippen molar-refractivity contribution in [1.82, 2.24) is 14.8 Å². The van der Waals surface area contributed by atoms with Crippen LogP contribution < -0.4 is 0 Å². The minimum absolute atomic E-state index is 0.0188. The van der Waals surface area contributed by atoms with Gasteiger partial charge in [-0.1, -0.05) is 52.3 Å². The average Bonchev–Trinajstić information content (AvgIpc) is 3.15. The quantitative estimate of drug-likeness (QED) is 0.245. The Kier molecular flexibility index (Phi) is 5.69. The van der Waals surface area contributed by atoms with Crippen molar-refractivity contribution < 1.29 is 4.92 Å². The molecule has 1 aromatic heterocycles. The van der Waals surface area contributed by atoms with Gasteiger partial charge in [-0.05, 0) is 61.0 Å². The van der Waals surface area contributed by atoms with Crippen LogP contribution >= 0.6 is 27.7 Å². The number of halogens is 1. The zero-order valence-electron chi connectivity index (χ0n) is 16.2. The highest BCUT2D eigenvalue weighted by atomic mass is 79.9. The van der Waals surface area contributed by atoms with Gasteiger partial charge in [0.15, 0.2) is 5.82 Å². The number of aromatic nitrogens is 3. The first-order valence-electron chi connectivity index (χ1n) is 9.14. The van der Waals surface area contributed by atoms with Crippen LogP contribution in [0.5, 0.6) is 0 Å². The Morgan fingerprint density at radius 2 is 1.73 bits per heavy atom. The fourth-order valence-corrected chi connectivity index (χ4v) is 4.31. The predicted molar refractivity (Wildman–Crippen MR) is 121 cm³/mol. The van der Waals surface area contributed by atoms with Gasteiger partial charge in [0.2, 0.25) is 5.16 Å². The molecule has 4 aromatic rings. The lowest BCUT2D eigenvalue weighted by atomic mass is 10.1. The van der Waals surface area contributed by atoms with E-state index in [1.807, 2.05) is 41.0 Å². The number of nitrogens with zero attached hydrogens (tertiary/aromatic N) is 4. The highest BCUT2D eigenvalue weighted by Crippen LogP contribution is 2.38. The molecule has 0 aliphatic rings. The average molecular weight is 481 g/mol. The van der Waals surface area contributed by atoms with Gasteiger partial charge in [0.05, 0.1) is 15.5 Å². The van der Waals surface area contributed by atoms with Crippen LogP contribution in [0.2, 0.25) is 0 Å². The zero-order chi connectivity index (χ0) is 21.3. The molecule has 0 fully saturated rings. The molecule has 0 saturated heterocycles. The van der Waals surface area contributed by atoms with Crippen molar-refractivity contribution >= 4 is 33.4 Å². The Labute approximate surface area is 186 Å². The fourth-order valence-electron chi connectivity index (χ4n) is 3.03. The summed E-state index contributed by atoms with van der Waals surface area (Å²) in [5.41, 5.74) is 4.17. The van der Waals surface area contributed by atoms with Crippen molar-refractivity contribution in [2.75, 3.05) is 0 Å². The molecule has 6 nitrogen and oxygen atoms in total. The van der Waals surface area contributed by atoms with Crippen molar-refractivity contribution in [2.45, 2.75) is 23.9 Å². The second-order valence-corrected chi connectivity index (χ2v) is 8.67. The first-order valence-corrected chi connectivity index (χ1v) is 10.8. The molecule has 0 radical (unpaired) electrons. The van der Waals surface area contributed by atoms with Crippen LogP contribution in [0.1, 0.15) is 11.1 Å². The predicted octanol–water partition coefficient (Wildman–Crippen LogP) is 6.37. The normalized spacial score (nSPS) is 10.9. The van der Waals surface area contributed by atoms with E-state index in [0.717, 1.165) is 16.8 Å². The third-order valence-corrected chi connectivity index (χ3v) is 6.24. The van der Waals surface area contributed by atoms with Crippen molar-refractivity contribution in [3.8, 4) is 17.1 Å². The molecule has 4 rings (SSSR count). The fraction of sp³-hybridized carbons (Fsp3) is 0.0909. The van der Waals surface area contributed by atoms with Gasteiger partial charge in [-0.2, -0.15) is 0 Å².